The predicted octanol–water partition coefficient (Wildman–Crippen LogP) is 5.20. The third kappa shape index (κ3) is 5.72. The van der Waals surface area contributed by atoms with E-state index in [2.05, 4.69) is 48.6 Å². The number of esters is 1. The monoisotopic (exact) mass is 471 g/mol. The van der Waals surface area contributed by atoms with Gasteiger partial charge in [-0.15, -0.1) is 0 Å². The Kier molecular flexibility index (Phi) is 7.83. The van der Waals surface area contributed by atoms with Crippen molar-refractivity contribution in [2.75, 3.05) is 32.1 Å². The van der Waals surface area contributed by atoms with Gasteiger partial charge in [0.1, 0.15) is 6.61 Å². The van der Waals surface area contributed by atoms with Crippen molar-refractivity contribution in [3.63, 3.8) is 0 Å². The summed E-state index contributed by atoms with van der Waals surface area (Å²) in [5.41, 5.74) is 3.29. The first kappa shape index (κ1) is 24.5. The molecule has 0 aromatic heterocycles. The van der Waals surface area contributed by atoms with Gasteiger partial charge in [0.2, 0.25) is 0 Å². The Bertz CT molecular complexity index is 1120. The van der Waals surface area contributed by atoms with E-state index in [4.69, 9.17) is 4.74 Å². The first-order valence-electron chi connectivity index (χ1n) is 12.1. The Morgan fingerprint density at radius 2 is 1.60 bits per heavy atom. The van der Waals surface area contributed by atoms with Gasteiger partial charge in [0, 0.05) is 24.3 Å². The number of amides is 2. The van der Waals surface area contributed by atoms with Crippen LogP contribution >= 0.6 is 0 Å². The van der Waals surface area contributed by atoms with E-state index in [-0.39, 0.29) is 24.1 Å². The van der Waals surface area contributed by atoms with Crippen molar-refractivity contribution < 1.29 is 14.3 Å². The van der Waals surface area contributed by atoms with E-state index in [9.17, 15) is 9.59 Å². The van der Waals surface area contributed by atoms with E-state index in [1.54, 1.807) is 17.0 Å². The highest BCUT2D eigenvalue weighted by molar-refractivity contribution is 5.94. The van der Waals surface area contributed by atoms with Crippen LogP contribution in [0, 0.1) is 0 Å². The van der Waals surface area contributed by atoms with Gasteiger partial charge >= 0.3 is 12.0 Å². The lowest BCUT2D eigenvalue weighted by Crippen LogP contribution is -2.44. The number of benzene rings is 3. The van der Waals surface area contributed by atoms with Crippen molar-refractivity contribution in [3.8, 4) is 0 Å². The van der Waals surface area contributed by atoms with Crippen LogP contribution in [0.1, 0.15) is 40.7 Å². The summed E-state index contributed by atoms with van der Waals surface area (Å²) >= 11 is 0. The third-order valence-electron chi connectivity index (χ3n) is 6.83. The van der Waals surface area contributed by atoms with Crippen LogP contribution in [0.15, 0.2) is 84.9 Å². The van der Waals surface area contributed by atoms with Crippen LogP contribution in [-0.2, 0) is 16.9 Å². The SMILES string of the molecule is CN(C)[C@@]1(c2ccccc2)CCCN(c2ccc(C(=O)OCc3ccccc3)cc2)C(=O)NCC1. The lowest BCUT2D eigenvalue weighted by atomic mass is 9.81. The molecule has 1 aliphatic rings. The maximum atomic E-state index is 13.0. The van der Waals surface area contributed by atoms with Crippen LogP contribution < -0.4 is 10.2 Å². The second-order valence-corrected chi connectivity index (χ2v) is 9.14. The number of carbonyl (C=O) groups is 2. The maximum absolute atomic E-state index is 13.0. The fraction of sp³-hybridized carbons (Fsp3) is 0.310. The zero-order valence-corrected chi connectivity index (χ0v) is 20.4. The van der Waals surface area contributed by atoms with Gasteiger partial charge in [-0.1, -0.05) is 60.7 Å². The topological polar surface area (TPSA) is 61.9 Å². The fourth-order valence-corrected chi connectivity index (χ4v) is 4.80. The number of nitrogens with zero attached hydrogens (tertiary/aromatic N) is 2. The Balaban J connectivity index is 1.44. The molecule has 3 aromatic carbocycles. The zero-order valence-electron chi connectivity index (χ0n) is 20.4. The molecule has 0 unspecified atom stereocenters. The number of rotatable bonds is 6. The van der Waals surface area contributed by atoms with Crippen molar-refractivity contribution in [3.05, 3.63) is 102 Å². The molecule has 1 heterocycles. The highest BCUT2D eigenvalue weighted by Gasteiger charge is 2.35. The molecule has 2 amide bonds. The van der Waals surface area contributed by atoms with Crippen molar-refractivity contribution in [1.29, 1.82) is 0 Å². The summed E-state index contributed by atoms with van der Waals surface area (Å²) in [7, 11) is 4.22. The van der Waals surface area contributed by atoms with E-state index < -0.39 is 0 Å². The molecule has 0 saturated carbocycles. The quantitative estimate of drug-likeness (QED) is 0.502. The highest BCUT2D eigenvalue weighted by Crippen LogP contribution is 2.36. The molecule has 1 N–H and O–H groups in total. The summed E-state index contributed by atoms with van der Waals surface area (Å²) in [6, 6.07) is 27.1. The normalized spacial score (nSPS) is 18.8. The van der Waals surface area contributed by atoms with Gasteiger partial charge in [0.15, 0.2) is 0 Å². The van der Waals surface area contributed by atoms with Crippen LogP contribution in [-0.4, -0.2) is 44.1 Å². The van der Waals surface area contributed by atoms with Gasteiger partial charge in [0.25, 0.3) is 0 Å². The van der Waals surface area contributed by atoms with E-state index >= 15 is 0 Å². The number of ether oxygens (including phenoxy) is 1. The van der Waals surface area contributed by atoms with E-state index in [1.165, 1.54) is 5.56 Å². The summed E-state index contributed by atoms with van der Waals surface area (Å²) < 4.78 is 5.42. The van der Waals surface area contributed by atoms with E-state index in [1.807, 2.05) is 48.5 Å². The van der Waals surface area contributed by atoms with Gasteiger partial charge < -0.3 is 10.1 Å². The Morgan fingerprint density at radius 3 is 2.26 bits per heavy atom. The molecule has 0 radical (unpaired) electrons. The lowest BCUT2D eigenvalue weighted by Gasteiger charge is -2.41. The second kappa shape index (κ2) is 11.2. The number of hydrogen-bond acceptors (Lipinski definition) is 4. The number of hydrogen-bond donors (Lipinski definition) is 1. The molecule has 6 heteroatoms. The summed E-state index contributed by atoms with van der Waals surface area (Å²) in [6.45, 7) is 1.39. The Hall–Kier alpha value is -3.64. The molecule has 4 rings (SSSR count). The smallest absolute Gasteiger partial charge is 0.338 e. The first-order valence-corrected chi connectivity index (χ1v) is 12.1. The molecule has 1 saturated heterocycles. The predicted molar refractivity (Wildman–Crippen MR) is 138 cm³/mol. The molecule has 3 aromatic rings. The van der Waals surface area contributed by atoms with Crippen LogP contribution in [0.2, 0.25) is 0 Å². The largest absolute Gasteiger partial charge is 0.457 e. The van der Waals surface area contributed by atoms with E-state index in [0.29, 0.717) is 18.7 Å². The molecule has 0 bridgehead atoms. The van der Waals surface area contributed by atoms with Crippen molar-refractivity contribution in [2.24, 2.45) is 0 Å². The molecule has 1 atom stereocenters. The molecule has 6 nitrogen and oxygen atoms in total. The number of anilines is 1. The third-order valence-corrected chi connectivity index (χ3v) is 6.83. The molecule has 182 valence electrons. The summed E-state index contributed by atoms with van der Waals surface area (Å²) in [6.07, 6.45) is 2.61. The van der Waals surface area contributed by atoms with Gasteiger partial charge in [-0.3, -0.25) is 9.80 Å². The van der Waals surface area contributed by atoms with Crippen LogP contribution in [0.5, 0.6) is 0 Å². The number of urea groups is 1. The standard InChI is InChI=1S/C29H33N3O3/c1-31(2)29(25-12-7-4-8-13-25)18-9-21-32(28(34)30-20-19-29)26-16-14-24(15-17-26)27(33)35-22-23-10-5-3-6-11-23/h3-8,10-17H,9,18-22H2,1-2H3,(H,30,34)/t29-/m0/s1. The summed E-state index contributed by atoms with van der Waals surface area (Å²) in [4.78, 5) is 29.5. The molecular formula is C29H33N3O3. The first-order chi connectivity index (χ1) is 17.0. The number of nitrogens with one attached hydrogen (secondary N) is 1. The minimum absolute atomic E-state index is 0.118. The molecular weight excluding hydrogens is 438 g/mol. The summed E-state index contributed by atoms with van der Waals surface area (Å²) in [5.74, 6) is -0.382. The zero-order chi connectivity index (χ0) is 24.7. The number of carbonyl (C=O) groups excluding carboxylic acids is 2. The molecule has 1 fully saturated rings. The molecule has 35 heavy (non-hydrogen) atoms. The highest BCUT2D eigenvalue weighted by atomic mass is 16.5. The van der Waals surface area contributed by atoms with Crippen molar-refractivity contribution in [1.82, 2.24) is 10.2 Å². The molecule has 0 aliphatic carbocycles. The van der Waals surface area contributed by atoms with Gasteiger partial charge in [0.05, 0.1) is 5.56 Å². The molecule has 0 spiro atoms. The minimum atomic E-state index is -0.382. The van der Waals surface area contributed by atoms with Crippen LogP contribution in [0.25, 0.3) is 0 Å². The fourth-order valence-electron chi connectivity index (χ4n) is 4.80. The molecule has 1 aliphatic heterocycles. The minimum Gasteiger partial charge on any atom is -0.457 e. The van der Waals surface area contributed by atoms with Gasteiger partial charge in [-0.2, -0.15) is 0 Å². The maximum Gasteiger partial charge on any atom is 0.338 e. The van der Waals surface area contributed by atoms with E-state index in [0.717, 1.165) is 30.5 Å². The van der Waals surface area contributed by atoms with Gasteiger partial charge in [-0.05, 0) is 68.8 Å². The Labute approximate surface area is 207 Å². The lowest BCUT2D eigenvalue weighted by molar-refractivity contribution is 0.0472. The van der Waals surface area contributed by atoms with Crippen LogP contribution in [0.4, 0.5) is 10.5 Å². The second-order valence-electron chi connectivity index (χ2n) is 9.14. The average molecular weight is 472 g/mol. The average Bonchev–Trinajstić information content (AvgIpc) is 2.98. The van der Waals surface area contributed by atoms with Crippen LogP contribution in [0.3, 0.4) is 0 Å². The van der Waals surface area contributed by atoms with Crippen molar-refractivity contribution >= 4 is 17.7 Å². The summed E-state index contributed by atoms with van der Waals surface area (Å²) in [5, 5.41) is 3.10. The Morgan fingerprint density at radius 1 is 0.943 bits per heavy atom. The van der Waals surface area contributed by atoms with Gasteiger partial charge in [-0.25, -0.2) is 9.59 Å². The van der Waals surface area contributed by atoms with Crippen molar-refractivity contribution in [2.45, 2.75) is 31.4 Å².